The molecular formula is C38H66N2O15. The molecule has 0 bridgehead atoms. The molecule has 0 heterocycles. The van der Waals surface area contributed by atoms with Gasteiger partial charge in [0.15, 0.2) is 0 Å². The van der Waals surface area contributed by atoms with Crippen molar-refractivity contribution in [3.63, 3.8) is 0 Å². The monoisotopic (exact) mass is 790 g/mol. The molecule has 1 aromatic rings. The molecule has 1 amide bonds. The van der Waals surface area contributed by atoms with Gasteiger partial charge in [-0.3, -0.25) is 9.59 Å². The number of benzene rings is 1. The summed E-state index contributed by atoms with van der Waals surface area (Å²) in [7, 11) is 0. The molecule has 3 N–H and O–H groups in total. The van der Waals surface area contributed by atoms with Gasteiger partial charge in [-0.05, 0) is 37.1 Å². The van der Waals surface area contributed by atoms with E-state index in [1.807, 2.05) is 12.1 Å². The molecule has 1 rings (SSSR count). The third-order valence-corrected chi connectivity index (χ3v) is 7.14. The van der Waals surface area contributed by atoms with Crippen LogP contribution in [0.4, 0.5) is 5.69 Å². The van der Waals surface area contributed by atoms with Crippen molar-refractivity contribution in [2.24, 2.45) is 0 Å². The van der Waals surface area contributed by atoms with Crippen LogP contribution < -0.4 is 10.6 Å². The van der Waals surface area contributed by atoms with Crippen LogP contribution in [0.2, 0.25) is 0 Å². The molecule has 0 saturated heterocycles. The highest BCUT2D eigenvalue weighted by Crippen LogP contribution is 2.11. The number of anilines is 1. The first-order valence-electron chi connectivity index (χ1n) is 19.3. The number of carbonyl (C=O) groups excluding carboxylic acids is 2. The van der Waals surface area contributed by atoms with Crippen LogP contribution in [0.1, 0.15) is 49.4 Å². The minimum Gasteiger partial charge on any atom is -0.481 e. The van der Waals surface area contributed by atoms with Crippen LogP contribution in [0.3, 0.4) is 0 Å². The van der Waals surface area contributed by atoms with E-state index < -0.39 is 5.97 Å². The van der Waals surface area contributed by atoms with Gasteiger partial charge in [0.1, 0.15) is 6.61 Å². The zero-order valence-electron chi connectivity index (χ0n) is 32.8. The maximum atomic E-state index is 12.1. The first-order valence-corrected chi connectivity index (χ1v) is 19.3. The van der Waals surface area contributed by atoms with E-state index in [0.717, 1.165) is 25.1 Å². The lowest BCUT2D eigenvalue weighted by atomic mass is 10.2. The van der Waals surface area contributed by atoms with Crippen LogP contribution in [-0.4, -0.2) is 175 Å². The van der Waals surface area contributed by atoms with E-state index in [0.29, 0.717) is 151 Å². The van der Waals surface area contributed by atoms with Crippen molar-refractivity contribution in [1.82, 2.24) is 5.32 Å². The molecular weight excluding hydrogens is 724 g/mol. The summed E-state index contributed by atoms with van der Waals surface area (Å²) in [4.78, 5) is 33.9. The van der Waals surface area contributed by atoms with Crippen molar-refractivity contribution in [2.75, 3.05) is 157 Å². The summed E-state index contributed by atoms with van der Waals surface area (Å²) in [5, 5.41) is 14.5. The standard InChI is InChI=1S/C38H66N2O15/c1-2-3-11-39-35-7-5-34(6-8-35)38(44)55-33-32-54-31-30-53-29-28-52-27-26-51-25-24-50-23-22-49-21-20-48-19-18-47-17-16-46-15-14-45-13-4-12-40-36(41)9-10-37(42)43/h5-8,39H,2-4,9-33H2,1H3,(H,40,41)(H,42,43). The van der Waals surface area contributed by atoms with Crippen LogP contribution in [0.25, 0.3) is 0 Å². The topological polar surface area (TPSA) is 197 Å². The first-order chi connectivity index (χ1) is 27.0. The molecule has 0 spiro atoms. The van der Waals surface area contributed by atoms with Crippen molar-refractivity contribution in [3.05, 3.63) is 29.8 Å². The Morgan fingerprint density at radius 3 is 1.25 bits per heavy atom. The minimum absolute atomic E-state index is 0.0145. The summed E-state index contributed by atoms with van der Waals surface area (Å²) in [6.45, 7) is 12.7. The van der Waals surface area contributed by atoms with Crippen LogP contribution in [0.15, 0.2) is 24.3 Å². The lowest BCUT2D eigenvalue weighted by Crippen LogP contribution is -2.25. The van der Waals surface area contributed by atoms with E-state index in [1.165, 1.54) is 0 Å². The highest BCUT2D eigenvalue weighted by atomic mass is 16.6. The quantitative estimate of drug-likeness (QED) is 0.0645. The van der Waals surface area contributed by atoms with Crippen LogP contribution in [0, 0.1) is 0 Å². The van der Waals surface area contributed by atoms with Gasteiger partial charge in [-0.25, -0.2) is 4.79 Å². The summed E-state index contributed by atoms with van der Waals surface area (Å²) in [6, 6.07) is 7.27. The predicted octanol–water partition coefficient (Wildman–Crippen LogP) is 2.59. The van der Waals surface area contributed by atoms with Gasteiger partial charge in [-0.1, -0.05) is 13.3 Å². The van der Waals surface area contributed by atoms with Crippen molar-refractivity contribution in [2.45, 2.75) is 39.0 Å². The average molecular weight is 791 g/mol. The lowest BCUT2D eigenvalue weighted by molar-refractivity contribution is -0.138. The van der Waals surface area contributed by atoms with Gasteiger partial charge in [0.05, 0.1) is 138 Å². The molecule has 17 nitrogen and oxygen atoms in total. The summed E-state index contributed by atoms with van der Waals surface area (Å²) < 4.78 is 59.9. The zero-order chi connectivity index (χ0) is 39.7. The third kappa shape index (κ3) is 35.2. The molecule has 0 unspecified atom stereocenters. The second kappa shape index (κ2) is 39.3. The van der Waals surface area contributed by atoms with E-state index in [4.69, 9.17) is 57.2 Å². The zero-order valence-corrected chi connectivity index (χ0v) is 32.8. The smallest absolute Gasteiger partial charge is 0.338 e. The first kappa shape index (κ1) is 50.0. The highest BCUT2D eigenvalue weighted by Gasteiger charge is 2.07. The number of carboxylic acids is 1. The van der Waals surface area contributed by atoms with Gasteiger partial charge in [-0.2, -0.15) is 0 Å². The molecule has 55 heavy (non-hydrogen) atoms. The molecule has 0 fully saturated rings. The Morgan fingerprint density at radius 2 is 0.873 bits per heavy atom. The van der Waals surface area contributed by atoms with E-state index in [2.05, 4.69) is 17.6 Å². The van der Waals surface area contributed by atoms with Crippen molar-refractivity contribution in [1.29, 1.82) is 0 Å². The summed E-state index contributed by atoms with van der Waals surface area (Å²) >= 11 is 0. The van der Waals surface area contributed by atoms with Gasteiger partial charge in [0.25, 0.3) is 0 Å². The van der Waals surface area contributed by atoms with Gasteiger partial charge in [0.2, 0.25) is 5.91 Å². The molecule has 0 radical (unpaired) electrons. The van der Waals surface area contributed by atoms with E-state index in [-0.39, 0.29) is 31.3 Å². The van der Waals surface area contributed by atoms with Crippen molar-refractivity contribution < 1.29 is 71.6 Å². The average Bonchev–Trinajstić information content (AvgIpc) is 3.18. The molecule has 0 saturated carbocycles. The number of hydrogen-bond acceptors (Lipinski definition) is 15. The Kier molecular flexibility index (Phi) is 35.7. The van der Waals surface area contributed by atoms with E-state index in [1.54, 1.807) is 12.1 Å². The van der Waals surface area contributed by atoms with Crippen LogP contribution >= 0.6 is 0 Å². The molecule has 0 aliphatic heterocycles. The summed E-state index contributed by atoms with van der Waals surface area (Å²) in [5.41, 5.74) is 1.50. The van der Waals surface area contributed by atoms with Crippen molar-refractivity contribution >= 4 is 23.5 Å². The number of esters is 1. The predicted molar refractivity (Wildman–Crippen MR) is 203 cm³/mol. The third-order valence-electron chi connectivity index (χ3n) is 7.14. The van der Waals surface area contributed by atoms with Gasteiger partial charge < -0.3 is 67.8 Å². The second-order valence-corrected chi connectivity index (χ2v) is 11.7. The largest absolute Gasteiger partial charge is 0.481 e. The Labute approximate surface area is 326 Å². The van der Waals surface area contributed by atoms with Crippen LogP contribution in [0.5, 0.6) is 0 Å². The molecule has 318 valence electrons. The van der Waals surface area contributed by atoms with Gasteiger partial charge >= 0.3 is 11.9 Å². The molecule has 0 aromatic heterocycles. The summed E-state index contributed by atoms with van der Waals surface area (Å²) in [6.07, 6.45) is 2.69. The fourth-order valence-corrected chi connectivity index (χ4v) is 4.20. The number of amides is 1. The number of unbranched alkanes of at least 4 members (excludes halogenated alkanes) is 1. The fourth-order valence-electron chi connectivity index (χ4n) is 4.20. The fraction of sp³-hybridized carbons (Fsp3) is 0.763. The number of ether oxygens (including phenoxy) is 11. The number of nitrogens with one attached hydrogen (secondary N) is 2. The Morgan fingerprint density at radius 1 is 0.491 bits per heavy atom. The lowest BCUT2D eigenvalue weighted by Gasteiger charge is -2.09. The number of rotatable bonds is 42. The maximum Gasteiger partial charge on any atom is 0.338 e. The normalized spacial score (nSPS) is 11.1. The van der Waals surface area contributed by atoms with E-state index in [9.17, 15) is 14.4 Å². The second-order valence-electron chi connectivity index (χ2n) is 11.7. The highest BCUT2D eigenvalue weighted by molar-refractivity contribution is 5.89. The number of hydrogen-bond donors (Lipinski definition) is 3. The maximum absolute atomic E-state index is 12.1. The van der Waals surface area contributed by atoms with E-state index >= 15 is 0 Å². The molecule has 0 atom stereocenters. The SMILES string of the molecule is CCCCNc1ccc(C(=O)OCCOCCOCCOCCOCCOCCOCCOCCOCCOCCOCCCNC(=O)CCC(=O)O)cc1. The number of carboxylic acid groups (broad SMARTS) is 1. The van der Waals surface area contributed by atoms with Gasteiger partial charge in [-0.15, -0.1) is 0 Å². The van der Waals surface area contributed by atoms with Gasteiger partial charge in [0, 0.05) is 31.8 Å². The Bertz CT molecular complexity index is 1040. The number of aliphatic carboxylic acids is 1. The minimum atomic E-state index is -0.986. The molecule has 1 aromatic carbocycles. The Balaban J connectivity index is 1.68. The summed E-state index contributed by atoms with van der Waals surface area (Å²) in [5.74, 6) is -1.63. The molecule has 17 heteroatoms. The molecule has 0 aliphatic rings. The number of carbonyl (C=O) groups is 3. The van der Waals surface area contributed by atoms with Crippen LogP contribution in [-0.2, 0) is 61.7 Å². The van der Waals surface area contributed by atoms with Crippen molar-refractivity contribution in [3.8, 4) is 0 Å². The molecule has 0 aliphatic carbocycles. The Hall–Kier alpha value is -2.97.